The SMILES string of the molecule is CNc1nccc(-c2cccnc2Oc2cc(C(=O)Cl)ccc2C)n1. The highest BCUT2D eigenvalue weighted by molar-refractivity contribution is 6.67. The summed E-state index contributed by atoms with van der Waals surface area (Å²) in [5, 5.41) is 2.36. The van der Waals surface area contributed by atoms with Crippen LogP contribution in [-0.4, -0.2) is 27.2 Å². The molecule has 6 nitrogen and oxygen atoms in total. The Morgan fingerprint density at radius 3 is 2.76 bits per heavy atom. The van der Waals surface area contributed by atoms with Crippen LogP contribution in [0.3, 0.4) is 0 Å². The molecule has 2 heterocycles. The van der Waals surface area contributed by atoms with Crippen LogP contribution < -0.4 is 10.1 Å². The predicted molar refractivity (Wildman–Crippen MR) is 96.2 cm³/mol. The number of nitrogens with zero attached hydrogens (tertiary/aromatic N) is 3. The second-order valence-electron chi connectivity index (χ2n) is 5.23. The molecule has 2 aromatic heterocycles. The van der Waals surface area contributed by atoms with Gasteiger partial charge in [0, 0.05) is 25.0 Å². The summed E-state index contributed by atoms with van der Waals surface area (Å²) in [6.45, 7) is 1.88. The third-order valence-corrected chi connectivity index (χ3v) is 3.77. The molecule has 25 heavy (non-hydrogen) atoms. The van der Waals surface area contributed by atoms with Crippen molar-refractivity contribution in [3.8, 4) is 22.9 Å². The number of pyridine rings is 1. The van der Waals surface area contributed by atoms with E-state index in [4.69, 9.17) is 16.3 Å². The van der Waals surface area contributed by atoms with Crippen LogP contribution in [0, 0.1) is 6.92 Å². The van der Waals surface area contributed by atoms with Crippen molar-refractivity contribution in [2.75, 3.05) is 12.4 Å². The first-order chi connectivity index (χ1) is 12.1. The van der Waals surface area contributed by atoms with E-state index in [-0.39, 0.29) is 0 Å². The number of aromatic nitrogens is 3. The smallest absolute Gasteiger partial charge is 0.252 e. The van der Waals surface area contributed by atoms with Crippen LogP contribution in [0.25, 0.3) is 11.3 Å². The number of anilines is 1. The van der Waals surface area contributed by atoms with E-state index in [1.165, 1.54) is 0 Å². The zero-order valence-corrected chi connectivity index (χ0v) is 14.4. The van der Waals surface area contributed by atoms with E-state index in [2.05, 4.69) is 20.3 Å². The van der Waals surface area contributed by atoms with Crippen molar-refractivity contribution in [1.29, 1.82) is 0 Å². The van der Waals surface area contributed by atoms with Gasteiger partial charge in [-0.3, -0.25) is 4.79 Å². The van der Waals surface area contributed by atoms with Crippen molar-refractivity contribution in [3.05, 3.63) is 59.9 Å². The first kappa shape index (κ1) is 16.9. The van der Waals surface area contributed by atoms with Crippen molar-refractivity contribution >= 4 is 22.8 Å². The van der Waals surface area contributed by atoms with Crippen molar-refractivity contribution < 1.29 is 9.53 Å². The van der Waals surface area contributed by atoms with Gasteiger partial charge in [-0.2, -0.15) is 0 Å². The molecule has 1 N–H and O–H groups in total. The largest absolute Gasteiger partial charge is 0.438 e. The Balaban J connectivity index is 2.02. The molecular formula is C18H15ClN4O2. The molecule has 1 aromatic carbocycles. The molecule has 0 bridgehead atoms. The van der Waals surface area contributed by atoms with Gasteiger partial charge >= 0.3 is 0 Å². The van der Waals surface area contributed by atoms with E-state index in [9.17, 15) is 4.79 Å². The highest BCUT2D eigenvalue weighted by atomic mass is 35.5. The zero-order chi connectivity index (χ0) is 17.8. The van der Waals surface area contributed by atoms with E-state index < -0.39 is 5.24 Å². The Morgan fingerprint density at radius 2 is 2.00 bits per heavy atom. The maximum absolute atomic E-state index is 11.4. The molecule has 3 rings (SSSR count). The molecule has 0 aliphatic rings. The summed E-state index contributed by atoms with van der Waals surface area (Å²) in [6.07, 6.45) is 3.29. The third-order valence-electron chi connectivity index (χ3n) is 3.55. The summed E-state index contributed by atoms with van der Waals surface area (Å²) in [7, 11) is 1.75. The number of benzene rings is 1. The van der Waals surface area contributed by atoms with Gasteiger partial charge in [0.25, 0.3) is 5.24 Å². The van der Waals surface area contributed by atoms with Gasteiger partial charge in [0.1, 0.15) is 5.75 Å². The summed E-state index contributed by atoms with van der Waals surface area (Å²) in [4.78, 5) is 24.2. The predicted octanol–water partition coefficient (Wildman–Crippen LogP) is 4.06. The van der Waals surface area contributed by atoms with Crippen LogP contribution in [0.5, 0.6) is 11.6 Å². The van der Waals surface area contributed by atoms with Crippen LogP contribution in [-0.2, 0) is 0 Å². The fourth-order valence-corrected chi connectivity index (χ4v) is 2.35. The Kier molecular flexibility index (Phi) is 4.90. The summed E-state index contributed by atoms with van der Waals surface area (Å²) in [5.41, 5.74) is 2.60. The van der Waals surface area contributed by atoms with Gasteiger partial charge in [-0.1, -0.05) is 6.07 Å². The van der Waals surface area contributed by atoms with Crippen LogP contribution >= 0.6 is 11.6 Å². The molecule has 0 spiro atoms. The van der Waals surface area contributed by atoms with Gasteiger partial charge in [0.2, 0.25) is 11.8 Å². The molecule has 0 atom stereocenters. The second kappa shape index (κ2) is 7.27. The Labute approximate surface area is 149 Å². The van der Waals surface area contributed by atoms with Gasteiger partial charge < -0.3 is 10.1 Å². The zero-order valence-electron chi connectivity index (χ0n) is 13.7. The van der Waals surface area contributed by atoms with Crippen LogP contribution in [0.2, 0.25) is 0 Å². The van der Waals surface area contributed by atoms with Gasteiger partial charge in [-0.05, 0) is 54.4 Å². The minimum absolute atomic E-state index is 0.360. The van der Waals surface area contributed by atoms with Gasteiger partial charge in [0.05, 0.1) is 11.3 Å². The summed E-state index contributed by atoms with van der Waals surface area (Å²) < 4.78 is 5.96. The maximum atomic E-state index is 11.4. The number of halogens is 1. The average molecular weight is 355 g/mol. The number of aryl methyl sites for hydroxylation is 1. The molecule has 0 saturated heterocycles. The highest BCUT2D eigenvalue weighted by Crippen LogP contribution is 2.32. The summed E-state index contributed by atoms with van der Waals surface area (Å²) >= 11 is 5.56. The van der Waals surface area contributed by atoms with Crippen LogP contribution in [0.15, 0.2) is 48.8 Å². The van der Waals surface area contributed by atoms with E-state index in [0.717, 1.165) is 5.56 Å². The normalized spacial score (nSPS) is 10.4. The van der Waals surface area contributed by atoms with Gasteiger partial charge in [-0.15, -0.1) is 0 Å². The Bertz CT molecular complexity index is 930. The monoisotopic (exact) mass is 354 g/mol. The lowest BCUT2D eigenvalue weighted by Gasteiger charge is -2.12. The van der Waals surface area contributed by atoms with E-state index >= 15 is 0 Å². The van der Waals surface area contributed by atoms with Crippen LogP contribution in [0.1, 0.15) is 15.9 Å². The summed E-state index contributed by atoms with van der Waals surface area (Å²) in [6, 6.07) is 10.5. The first-order valence-electron chi connectivity index (χ1n) is 7.53. The average Bonchev–Trinajstić information content (AvgIpc) is 2.64. The van der Waals surface area contributed by atoms with Crippen LogP contribution in [0.4, 0.5) is 5.95 Å². The molecule has 0 amide bonds. The molecule has 0 unspecified atom stereocenters. The molecule has 126 valence electrons. The lowest BCUT2D eigenvalue weighted by Crippen LogP contribution is -1.99. The Morgan fingerprint density at radius 1 is 1.16 bits per heavy atom. The van der Waals surface area contributed by atoms with E-state index in [0.29, 0.717) is 34.4 Å². The third kappa shape index (κ3) is 3.75. The molecule has 0 aliphatic heterocycles. The first-order valence-corrected chi connectivity index (χ1v) is 7.91. The molecule has 0 saturated carbocycles. The number of hydrogen-bond donors (Lipinski definition) is 1. The highest BCUT2D eigenvalue weighted by Gasteiger charge is 2.13. The molecule has 0 radical (unpaired) electrons. The van der Waals surface area contributed by atoms with Crippen molar-refractivity contribution in [3.63, 3.8) is 0 Å². The van der Waals surface area contributed by atoms with E-state index in [1.54, 1.807) is 49.8 Å². The number of nitrogens with one attached hydrogen (secondary N) is 1. The van der Waals surface area contributed by atoms with Crippen molar-refractivity contribution in [2.24, 2.45) is 0 Å². The minimum Gasteiger partial charge on any atom is -0.438 e. The molecule has 0 fully saturated rings. The fourth-order valence-electron chi connectivity index (χ4n) is 2.23. The molecule has 3 aromatic rings. The minimum atomic E-state index is -0.541. The lowest BCUT2D eigenvalue weighted by atomic mass is 10.1. The lowest BCUT2D eigenvalue weighted by molar-refractivity contribution is 0.108. The standard InChI is InChI=1S/C18H15ClN4O2/c1-11-5-6-12(16(19)24)10-15(11)25-17-13(4-3-8-21-17)14-7-9-22-18(20-2)23-14/h3-10H,1-2H3,(H,20,22,23). The topological polar surface area (TPSA) is 77.0 Å². The molecule has 7 heteroatoms. The van der Waals surface area contributed by atoms with Crippen molar-refractivity contribution in [2.45, 2.75) is 6.92 Å². The number of rotatable bonds is 5. The van der Waals surface area contributed by atoms with Gasteiger partial charge in [0.15, 0.2) is 0 Å². The second-order valence-corrected chi connectivity index (χ2v) is 5.57. The number of ether oxygens (including phenoxy) is 1. The number of hydrogen-bond acceptors (Lipinski definition) is 6. The number of carbonyl (C=O) groups excluding carboxylic acids is 1. The number of carbonyl (C=O) groups is 1. The Hall–Kier alpha value is -2.99. The molecule has 0 aliphatic carbocycles. The van der Waals surface area contributed by atoms with Crippen molar-refractivity contribution in [1.82, 2.24) is 15.0 Å². The quantitative estimate of drug-likeness (QED) is 0.696. The fraction of sp³-hybridized carbons (Fsp3) is 0.111. The van der Waals surface area contributed by atoms with E-state index in [1.807, 2.05) is 13.0 Å². The molecular weight excluding hydrogens is 340 g/mol. The maximum Gasteiger partial charge on any atom is 0.252 e. The van der Waals surface area contributed by atoms with Gasteiger partial charge in [-0.25, -0.2) is 15.0 Å². The summed E-state index contributed by atoms with van der Waals surface area (Å²) in [5.74, 6) is 1.39.